The van der Waals surface area contributed by atoms with Gasteiger partial charge in [0.2, 0.25) is 0 Å². The van der Waals surface area contributed by atoms with Crippen molar-refractivity contribution in [1.82, 2.24) is 14.8 Å². The molecule has 0 saturated carbocycles. The van der Waals surface area contributed by atoms with E-state index < -0.39 is 11.6 Å². The summed E-state index contributed by atoms with van der Waals surface area (Å²) < 4.78 is 7.68. The third-order valence-electron chi connectivity index (χ3n) is 5.90. The average molecular weight is 492 g/mol. The molecule has 0 saturated heterocycles. The first-order chi connectivity index (χ1) is 16.6. The zero-order valence-electron chi connectivity index (χ0n) is 21.3. The number of allylic oxidation sites excluding steroid dienone is 1. The van der Waals surface area contributed by atoms with Crippen molar-refractivity contribution in [3.8, 4) is 5.00 Å². The number of aliphatic imine (C=N–C) groups is 1. The Balaban J connectivity index is 1.83. The number of ether oxygens (including phenoxy) is 1. The average Bonchev–Trinajstić information content (AvgIpc) is 3.25. The lowest BCUT2D eigenvalue weighted by Crippen LogP contribution is -2.25. The van der Waals surface area contributed by atoms with E-state index in [4.69, 9.17) is 15.5 Å². The number of nitrogens with two attached hydrogens (primary N) is 1. The molecule has 0 aliphatic carbocycles. The van der Waals surface area contributed by atoms with Crippen LogP contribution >= 0.6 is 11.3 Å². The molecule has 0 unspecified atom stereocenters. The van der Waals surface area contributed by atoms with Gasteiger partial charge in [0.15, 0.2) is 5.82 Å². The lowest BCUT2D eigenvalue weighted by Gasteiger charge is -2.21. The second-order valence-corrected chi connectivity index (χ2v) is 11.0. The molecular formula is C27H33N5O2S. The van der Waals surface area contributed by atoms with Gasteiger partial charge in [0.1, 0.15) is 22.5 Å². The summed E-state index contributed by atoms with van der Waals surface area (Å²) >= 11 is 1.70. The van der Waals surface area contributed by atoms with Gasteiger partial charge < -0.3 is 10.5 Å². The number of carbonyl (C=O) groups is 1. The molecule has 35 heavy (non-hydrogen) atoms. The molecule has 1 atom stereocenters. The summed E-state index contributed by atoms with van der Waals surface area (Å²) in [7, 11) is 0. The van der Waals surface area contributed by atoms with Crippen LogP contribution in [0, 0.1) is 20.8 Å². The number of benzene rings is 1. The summed E-state index contributed by atoms with van der Waals surface area (Å²) in [5, 5.41) is 9.83. The summed E-state index contributed by atoms with van der Waals surface area (Å²) in [6.07, 6.45) is 4.96. The third-order valence-corrected chi connectivity index (χ3v) is 7.10. The van der Waals surface area contributed by atoms with E-state index >= 15 is 0 Å². The first-order valence-electron chi connectivity index (χ1n) is 11.9. The van der Waals surface area contributed by atoms with Crippen molar-refractivity contribution in [1.29, 1.82) is 0 Å². The topological polar surface area (TPSA) is 95.4 Å². The van der Waals surface area contributed by atoms with E-state index in [2.05, 4.69) is 59.0 Å². The van der Waals surface area contributed by atoms with E-state index in [0.29, 0.717) is 12.4 Å². The molecule has 0 fully saturated rings. The first-order valence-corrected chi connectivity index (χ1v) is 12.7. The Kier molecular flexibility index (Phi) is 7.05. The molecule has 7 nitrogen and oxygen atoms in total. The Morgan fingerprint density at radius 1 is 1.14 bits per heavy atom. The van der Waals surface area contributed by atoms with Crippen molar-refractivity contribution in [2.75, 3.05) is 6.54 Å². The second-order valence-electron chi connectivity index (χ2n) is 9.80. The smallest absolute Gasteiger partial charge is 0.308 e. The molecule has 1 aromatic carbocycles. The number of hydrogen-bond acceptors (Lipinski definition) is 7. The SMILES string of the molecule is Cc1sc2c(c1C)C(c1ccc(CC=CCN)cc1)=N[C@@H](CC(=O)OC(C)(C)C)c1nnc(C)n1-2. The number of aryl methyl sites for hydroxylation is 2. The van der Waals surface area contributed by atoms with Gasteiger partial charge in [-0.25, -0.2) is 0 Å². The van der Waals surface area contributed by atoms with Crippen molar-refractivity contribution in [2.24, 2.45) is 10.7 Å². The third kappa shape index (κ3) is 5.28. The lowest BCUT2D eigenvalue weighted by molar-refractivity contribution is -0.155. The summed E-state index contributed by atoms with van der Waals surface area (Å²) in [5.74, 6) is 1.13. The molecule has 184 valence electrons. The highest BCUT2D eigenvalue weighted by molar-refractivity contribution is 7.15. The predicted molar refractivity (Wildman–Crippen MR) is 141 cm³/mol. The highest BCUT2D eigenvalue weighted by Crippen LogP contribution is 2.39. The fourth-order valence-corrected chi connectivity index (χ4v) is 5.39. The zero-order chi connectivity index (χ0) is 25.3. The van der Waals surface area contributed by atoms with Crippen LogP contribution in [0.2, 0.25) is 0 Å². The van der Waals surface area contributed by atoms with Gasteiger partial charge in [0.05, 0.1) is 12.1 Å². The molecule has 0 spiro atoms. The van der Waals surface area contributed by atoms with E-state index in [0.717, 1.165) is 34.1 Å². The molecule has 0 bridgehead atoms. The Morgan fingerprint density at radius 3 is 2.51 bits per heavy atom. The molecular weight excluding hydrogens is 458 g/mol. The molecule has 2 N–H and O–H groups in total. The zero-order valence-corrected chi connectivity index (χ0v) is 22.1. The van der Waals surface area contributed by atoms with Gasteiger partial charge in [0.25, 0.3) is 0 Å². The second kappa shape index (κ2) is 9.87. The van der Waals surface area contributed by atoms with Gasteiger partial charge in [-0.1, -0.05) is 36.4 Å². The Bertz CT molecular complexity index is 1290. The van der Waals surface area contributed by atoms with Gasteiger partial charge in [0, 0.05) is 22.5 Å². The minimum atomic E-state index is -0.571. The van der Waals surface area contributed by atoms with E-state index in [-0.39, 0.29) is 12.4 Å². The van der Waals surface area contributed by atoms with E-state index in [1.165, 1.54) is 16.0 Å². The molecule has 1 aliphatic heterocycles. The minimum Gasteiger partial charge on any atom is -0.460 e. The number of aromatic nitrogens is 3. The van der Waals surface area contributed by atoms with Crippen molar-refractivity contribution in [3.05, 3.63) is 75.2 Å². The quantitative estimate of drug-likeness (QED) is 0.389. The summed E-state index contributed by atoms with van der Waals surface area (Å²) in [4.78, 5) is 19.2. The van der Waals surface area contributed by atoms with Gasteiger partial charge in [-0.2, -0.15) is 0 Å². The van der Waals surface area contributed by atoms with Crippen LogP contribution in [0.3, 0.4) is 0 Å². The monoisotopic (exact) mass is 491 g/mol. The van der Waals surface area contributed by atoms with Crippen LogP contribution in [0.15, 0.2) is 41.4 Å². The number of nitrogens with zero attached hydrogens (tertiary/aromatic N) is 4. The van der Waals surface area contributed by atoms with Crippen LogP contribution in [0.1, 0.15) is 72.0 Å². The highest BCUT2D eigenvalue weighted by Gasteiger charge is 2.33. The molecule has 3 aromatic rings. The maximum absolute atomic E-state index is 12.8. The molecule has 0 amide bonds. The van der Waals surface area contributed by atoms with E-state index in [1.54, 1.807) is 11.3 Å². The number of esters is 1. The molecule has 1 aliphatic rings. The van der Waals surface area contributed by atoms with Gasteiger partial charge in [-0.15, -0.1) is 21.5 Å². The molecule has 0 radical (unpaired) electrons. The van der Waals surface area contributed by atoms with Crippen LogP contribution in [0.25, 0.3) is 5.00 Å². The first kappa shape index (κ1) is 25.0. The summed E-state index contributed by atoms with van der Waals surface area (Å²) in [6, 6.07) is 7.93. The molecule has 3 heterocycles. The van der Waals surface area contributed by atoms with Crippen molar-refractivity contribution in [2.45, 2.75) is 66.0 Å². The predicted octanol–water partition coefficient (Wildman–Crippen LogP) is 4.94. The van der Waals surface area contributed by atoms with E-state index in [9.17, 15) is 4.79 Å². The normalized spacial score (nSPS) is 15.5. The number of hydrogen-bond donors (Lipinski definition) is 1. The van der Waals surface area contributed by atoms with Crippen molar-refractivity contribution < 1.29 is 9.53 Å². The number of carbonyl (C=O) groups excluding carboxylic acids is 1. The van der Waals surface area contributed by atoms with Gasteiger partial charge in [-0.3, -0.25) is 14.4 Å². The minimum absolute atomic E-state index is 0.0911. The Hall–Kier alpha value is -3.10. The van der Waals surface area contributed by atoms with Gasteiger partial charge >= 0.3 is 5.97 Å². The Labute approximate surface area is 210 Å². The Morgan fingerprint density at radius 2 is 1.86 bits per heavy atom. The fraction of sp³-hybridized carbons (Fsp3) is 0.407. The maximum atomic E-state index is 12.8. The van der Waals surface area contributed by atoms with Crippen LogP contribution < -0.4 is 5.73 Å². The number of fused-ring (bicyclic) bond motifs is 3. The molecule has 4 rings (SSSR count). The molecule has 2 aromatic heterocycles. The van der Waals surface area contributed by atoms with Gasteiger partial charge in [-0.05, 0) is 59.1 Å². The highest BCUT2D eigenvalue weighted by atomic mass is 32.1. The van der Waals surface area contributed by atoms with E-state index in [1.807, 2.05) is 33.8 Å². The number of rotatable bonds is 6. The van der Waals surface area contributed by atoms with Crippen LogP contribution in [0.4, 0.5) is 0 Å². The summed E-state index contributed by atoms with van der Waals surface area (Å²) in [5.41, 5.74) is 10.3. The van der Waals surface area contributed by atoms with Crippen LogP contribution in [-0.4, -0.2) is 38.6 Å². The van der Waals surface area contributed by atoms with Crippen LogP contribution in [-0.2, 0) is 16.0 Å². The van der Waals surface area contributed by atoms with Crippen LogP contribution in [0.5, 0.6) is 0 Å². The largest absolute Gasteiger partial charge is 0.460 e. The molecule has 8 heteroatoms. The fourth-order valence-electron chi connectivity index (χ4n) is 4.18. The maximum Gasteiger partial charge on any atom is 0.308 e. The number of thiophene rings is 1. The van der Waals surface area contributed by atoms with Crippen molar-refractivity contribution >= 4 is 23.0 Å². The summed E-state index contributed by atoms with van der Waals surface area (Å²) in [6.45, 7) is 12.3. The lowest BCUT2D eigenvalue weighted by atomic mass is 9.98. The standard InChI is InChI=1S/C27H33N5O2S/c1-16-17(2)35-26-23(16)24(20-12-10-19(11-13-20)9-7-8-14-28)29-21(15-22(33)34-27(4,5)6)25-31-30-18(3)32(25)26/h7-8,10-13,21H,9,14-15,28H2,1-6H3/t21-/m0/s1. The van der Waals surface area contributed by atoms with Crippen molar-refractivity contribution in [3.63, 3.8) is 0 Å².